The van der Waals surface area contributed by atoms with Crippen molar-refractivity contribution in [2.45, 2.75) is 31.7 Å². The summed E-state index contributed by atoms with van der Waals surface area (Å²) in [4.78, 5) is 10.4. The van der Waals surface area contributed by atoms with Crippen LogP contribution in [0.3, 0.4) is 0 Å². The highest BCUT2D eigenvalue weighted by Crippen LogP contribution is 2.18. The van der Waals surface area contributed by atoms with Gasteiger partial charge in [0.15, 0.2) is 0 Å². The zero-order valence-corrected chi connectivity index (χ0v) is 11.3. The van der Waals surface area contributed by atoms with Gasteiger partial charge in [-0.25, -0.2) is 4.68 Å². The molecule has 0 saturated carbocycles. The van der Waals surface area contributed by atoms with E-state index in [4.69, 9.17) is 10.8 Å². The third kappa shape index (κ3) is 3.93. The highest BCUT2D eigenvalue weighted by Gasteiger charge is 2.09. The minimum absolute atomic E-state index is 0.0961. The quantitative estimate of drug-likeness (QED) is 0.759. The fourth-order valence-corrected chi connectivity index (χ4v) is 2.06. The second kappa shape index (κ2) is 6.86. The van der Waals surface area contributed by atoms with Crippen LogP contribution in [-0.2, 0) is 4.79 Å². The van der Waals surface area contributed by atoms with Gasteiger partial charge in [0.05, 0.1) is 11.9 Å². The van der Waals surface area contributed by atoms with Crippen LogP contribution in [0.4, 0.5) is 0 Å². The fraction of sp³-hybridized carbons (Fsp3) is 0.333. The van der Waals surface area contributed by atoms with Crippen molar-refractivity contribution < 1.29 is 9.90 Å². The van der Waals surface area contributed by atoms with Crippen molar-refractivity contribution in [1.82, 2.24) is 9.78 Å². The standard InChI is InChI=1S/C15H19N3O2/c16-14(8-4-5-9-15(19)20)12-10-17-18(11-12)13-6-2-1-3-7-13/h1-3,6-7,10-11,14H,4-5,8-9,16H2,(H,19,20). The monoisotopic (exact) mass is 273 g/mol. The summed E-state index contributed by atoms with van der Waals surface area (Å²) >= 11 is 0. The Morgan fingerprint density at radius 3 is 2.75 bits per heavy atom. The number of para-hydroxylation sites is 1. The number of unbranched alkanes of at least 4 members (excludes halogenated alkanes) is 1. The van der Waals surface area contributed by atoms with Gasteiger partial charge in [0, 0.05) is 24.2 Å². The predicted octanol–water partition coefficient (Wildman–Crippen LogP) is 2.52. The summed E-state index contributed by atoms with van der Waals surface area (Å²) in [6, 6.07) is 9.75. The van der Waals surface area contributed by atoms with Crippen molar-refractivity contribution in [3.63, 3.8) is 0 Å². The van der Waals surface area contributed by atoms with Crippen LogP contribution in [0, 0.1) is 0 Å². The number of hydrogen-bond donors (Lipinski definition) is 2. The molecule has 2 rings (SSSR count). The summed E-state index contributed by atoms with van der Waals surface area (Å²) in [5, 5.41) is 12.9. The second-order valence-electron chi connectivity index (χ2n) is 4.80. The number of carbonyl (C=O) groups is 1. The van der Waals surface area contributed by atoms with Gasteiger partial charge in [0.25, 0.3) is 0 Å². The van der Waals surface area contributed by atoms with Crippen LogP contribution in [0.5, 0.6) is 0 Å². The molecule has 1 aromatic carbocycles. The van der Waals surface area contributed by atoms with Gasteiger partial charge < -0.3 is 10.8 Å². The number of aliphatic carboxylic acids is 1. The normalized spacial score (nSPS) is 12.2. The lowest BCUT2D eigenvalue weighted by Crippen LogP contribution is -2.09. The zero-order chi connectivity index (χ0) is 14.4. The predicted molar refractivity (Wildman–Crippen MR) is 76.6 cm³/mol. The lowest BCUT2D eigenvalue weighted by molar-refractivity contribution is -0.137. The van der Waals surface area contributed by atoms with Gasteiger partial charge in [-0.1, -0.05) is 24.6 Å². The first-order chi connectivity index (χ1) is 9.66. The number of carboxylic acids is 1. The van der Waals surface area contributed by atoms with E-state index in [1.165, 1.54) is 0 Å². The summed E-state index contributed by atoms with van der Waals surface area (Å²) in [7, 11) is 0. The first-order valence-corrected chi connectivity index (χ1v) is 6.74. The van der Waals surface area contributed by atoms with Crippen molar-refractivity contribution >= 4 is 5.97 Å². The summed E-state index contributed by atoms with van der Waals surface area (Å²) < 4.78 is 1.80. The van der Waals surface area contributed by atoms with E-state index in [2.05, 4.69) is 5.10 Å². The number of rotatable bonds is 7. The lowest BCUT2D eigenvalue weighted by atomic mass is 10.0. The van der Waals surface area contributed by atoms with Crippen molar-refractivity contribution in [2.75, 3.05) is 0 Å². The first-order valence-electron chi connectivity index (χ1n) is 6.74. The number of nitrogens with two attached hydrogens (primary N) is 1. The van der Waals surface area contributed by atoms with Gasteiger partial charge in [-0.2, -0.15) is 5.10 Å². The van der Waals surface area contributed by atoms with E-state index in [1.54, 1.807) is 10.9 Å². The Balaban J connectivity index is 1.90. The van der Waals surface area contributed by atoms with E-state index in [0.717, 1.165) is 24.1 Å². The van der Waals surface area contributed by atoms with Gasteiger partial charge in [-0.15, -0.1) is 0 Å². The van der Waals surface area contributed by atoms with Crippen LogP contribution < -0.4 is 5.73 Å². The smallest absolute Gasteiger partial charge is 0.303 e. The number of nitrogens with zero attached hydrogens (tertiary/aromatic N) is 2. The summed E-state index contributed by atoms with van der Waals surface area (Å²) in [6.45, 7) is 0. The third-order valence-electron chi connectivity index (χ3n) is 3.21. The molecule has 0 aliphatic rings. The number of benzene rings is 1. The van der Waals surface area contributed by atoms with Crippen LogP contribution in [0.25, 0.3) is 5.69 Å². The minimum Gasteiger partial charge on any atom is -0.481 e. The molecule has 0 amide bonds. The molecular formula is C15H19N3O2. The molecule has 2 aromatic rings. The van der Waals surface area contributed by atoms with Crippen LogP contribution >= 0.6 is 0 Å². The van der Waals surface area contributed by atoms with E-state index < -0.39 is 5.97 Å². The topological polar surface area (TPSA) is 81.1 Å². The van der Waals surface area contributed by atoms with Gasteiger partial charge in [-0.3, -0.25) is 4.79 Å². The molecule has 0 saturated heterocycles. The third-order valence-corrected chi connectivity index (χ3v) is 3.21. The van der Waals surface area contributed by atoms with E-state index in [-0.39, 0.29) is 12.5 Å². The van der Waals surface area contributed by atoms with Crippen LogP contribution in [0.15, 0.2) is 42.7 Å². The average Bonchev–Trinajstić information content (AvgIpc) is 2.94. The molecule has 0 radical (unpaired) electrons. The summed E-state index contributed by atoms with van der Waals surface area (Å²) in [5.74, 6) is -0.754. The highest BCUT2D eigenvalue weighted by molar-refractivity contribution is 5.66. The Labute approximate surface area is 118 Å². The molecule has 5 nitrogen and oxygen atoms in total. The highest BCUT2D eigenvalue weighted by atomic mass is 16.4. The van der Waals surface area contributed by atoms with E-state index in [1.807, 2.05) is 36.5 Å². The molecule has 0 spiro atoms. The van der Waals surface area contributed by atoms with Crippen molar-refractivity contribution in [3.05, 3.63) is 48.3 Å². The Bertz CT molecular complexity index is 551. The molecule has 1 heterocycles. The molecule has 3 N–H and O–H groups in total. The molecule has 5 heteroatoms. The molecule has 0 aliphatic carbocycles. The van der Waals surface area contributed by atoms with Gasteiger partial charge in [0.1, 0.15) is 0 Å². The molecule has 0 aliphatic heterocycles. The second-order valence-corrected chi connectivity index (χ2v) is 4.80. The maximum Gasteiger partial charge on any atom is 0.303 e. The SMILES string of the molecule is NC(CCCCC(=O)O)c1cnn(-c2ccccc2)c1. The Morgan fingerprint density at radius 2 is 2.05 bits per heavy atom. The first kappa shape index (κ1) is 14.3. The van der Waals surface area contributed by atoms with Gasteiger partial charge in [0.2, 0.25) is 0 Å². The maximum atomic E-state index is 10.4. The van der Waals surface area contributed by atoms with E-state index in [9.17, 15) is 4.79 Å². The van der Waals surface area contributed by atoms with Crippen molar-refractivity contribution in [2.24, 2.45) is 5.73 Å². The van der Waals surface area contributed by atoms with Gasteiger partial charge in [-0.05, 0) is 25.0 Å². The summed E-state index contributed by atoms with van der Waals surface area (Å²) in [5.41, 5.74) is 8.08. The Morgan fingerprint density at radius 1 is 1.30 bits per heavy atom. The lowest BCUT2D eigenvalue weighted by Gasteiger charge is -2.08. The van der Waals surface area contributed by atoms with Crippen LogP contribution in [-0.4, -0.2) is 20.9 Å². The Kier molecular flexibility index (Phi) is 4.90. The van der Waals surface area contributed by atoms with E-state index in [0.29, 0.717) is 6.42 Å². The summed E-state index contributed by atoms with van der Waals surface area (Å²) in [6.07, 6.45) is 6.15. The molecule has 106 valence electrons. The molecule has 0 bridgehead atoms. The number of hydrogen-bond acceptors (Lipinski definition) is 3. The maximum absolute atomic E-state index is 10.4. The van der Waals surface area contributed by atoms with Crippen molar-refractivity contribution in [3.8, 4) is 5.69 Å². The van der Waals surface area contributed by atoms with Crippen molar-refractivity contribution in [1.29, 1.82) is 0 Å². The molecular weight excluding hydrogens is 254 g/mol. The average molecular weight is 273 g/mol. The molecule has 20 heavy (non-hydrogen) atoms. The minimum atomic E-state index is -0.754. The zero-order valence-electron chi connectivity index (χ0n) is 11.3. The van der Waals surface area contributed by atoms with E-state index >= 15 is 0 Å². The van der Waals surface area contributed by atoms with Gasteiger partial charge >= 0.3 is 5.97 Å². The Hall–Kier alpha value is -2.14. The molecule has 1 atom stereocenters. The molecule has 0 fully saturated rings. The molecule has 1 aromatic heterocycles. The van der Waals surface area contributed by atoms with Crippen LogP contribution in [0.1, 0.15) is 37.3 Å². The van der Waals surface area contributed by atoms with Crippen LogP contribution in [0.2, 0.25) is 0 Å². The largest absolute Gasteiger partial charge is 0.481 e. The fourth-order valence-electron chi connectivity index (χ4n) is 2.06. The number of carboxylic acid groups (broad SMARTS) is 1. The molecule has 1 unspecified atom stereocenters. The number of aromatic nitrogens is 2.